The van der Waals surface area contributed by atoms with Crippen LogP contribution in [0.5, 0.6) is 0 Å². The lowest BCUT2D eigenvalue weighted by atomic mass is 9.89. The third-order valence-electron chi connectivity index (χ3n) is 5.54. The molecule has 2 saturated carbocycles. The van der Waals surface area contributed by atoms with Gasteiger partial charge in [-0.2, -0.15) is 0 Å². The minimum atomic E-state index is 0.00438. The van der Waals surface area contributed by atoms with Crippen LogP contribution in [-0.2, 0) is 14.1 Å². The maximum Gasteiger partial charge on any atom is 0.328 e. The molecule has 2 aliphatic carbocycles. The number of halogens is 1. The Hall–Kier alpha value is -1.07. The molecule has 1 aromatic heterocycles. The average Bonchev–Trinajstić information content (AvgIpc) is 3.03. The number of fused-ring (bicyclic) bond motifs is 2. The Kier molecular flexibility index (Phi) is 2.89. The van der Waals surface area contributed by atoms with Crippen molar-refractivity contribution in [3.63, 3.8) is 0 Å². The molecule has 3 atom stereocenters. The molecule has 4 nitrogen and oxygen atoms in total. The number of nitrogens with zero attached hydrogens (tertiary/aromatic N) is 2. The molecular formula is C16H20BrN3O. The number of aromatic nitrogens is 2. The highest BCUT2D eigenvalue weighted by molar-refractivity contribution is 9.10. The summed E-state index contributed by atoms with van der Waals surface area (Å²) in [5.41, 5.74) is 9.59. The highest BCUT2D eigenvalue weighted by Crippen LogP contribution is 2.57. The van der Waals surface area contributed by atoms with E-state index >= 15 is 0 Å². The summed E-state index contributed by atoms with van der Waals surface area (Å²) in [6.45, 7) is 0. The predicted molar refractivity (Wildman–Crippen MR) is 87.1 cm³/mol. The van der Waals surface area contributed by atoms with Gasteiger partial charge in [0.15, 0.2) is 0 Å². The van der Waals surface area contributed by atoms with Crippen molar-refractivity contribution in [1.82, 2.24) is 9.13 Å². The molecular weight excluding hydrogens is 330 g/mol. The van der Waals surface area contributed by atoms with E-state index in [1.165, 1.54) is 19.3 Å². The SMILES string of the molecule is Cn1c(=O)n(C)c2cc(C(N)C3CC4CC4C3)c(Br)cc21. The molecule has 0 radical (unpaired) electrons. The number of rotatable bonds is 2. The number of aryl methyl sites for hydroxylation is 2. The standard InChI is InChI=1S/C16H20BrN3O/c1-19-13-6-11(12(17)7-14(13)20(2)16(19)21)15(18)10-4-8-3-9(8)5-10/h6-10,15H,3-5,18H2,1-2H3. The van der Waals surface area contributed by atoms with Crippen molar-refractivity contribution in [2.45, 2.75) is 25.3 Å². The summed E-state index contributed by atoms with van der Waals surface area (Å²) >= 11 is 3.65. The van der Waals surface area contributed by atoms with Gasteiger partial charge < -0.3 is 5.73 Å². The first-order chi connectivity index (χ1) is 9.97. The molecule has 0 bridgehead atoms. The van der Waals surface area contributed by atoms with Gasteiger partial charge >= 0.3 is 5.69 Å². The van der Waals surface area contributed by atoms with E-state index in [1.54, 1.807) is 16.2 Å². The van der Waals surface area contributed by atoms with Crippen LogP contribution in [-0.4, -0.2) is 9.13 Å². The Morgan fingerprint density at radius 2 is 1.71 bits per heavy atom. The topological polar surface area (TPSA) is 53.0 Å². The van der Waals surface area contributed by atoms with E-state index in [9.17, 15) is 4.79 Å². The maximum absolute atomic E-state index is 12.1. The Bertz CT molecular complexity index is 781. The summed E-state index contributed by atoms with van der Waals surface area (Å²) in [5.74, 6) is 2.46. The van der Waals surface area contributed by atoms with Crippen molar-refractivity contribution < 1.29 is 0 Å². The normalized spacial score (nSPS) is 28.9. The molecule has 112 valence electrons. The van der Waals surface area contributed by atoms with Crippen molar-refractivity contribution in [2.24, 2.45) is 37.6 Å². The lowest BCUT2D eigenvalue weighted by Crippen LogP contribution is -2.21. The van der Waals surface area contributed by atoms with Crippen molar-refractivity contribution in [3.8, 4) is 0 Å². The quantitative estimate of drug-likeness (QED) is 0.905. The van der Waals surface area contributed by atoms with Gasteiger partial charge in [-0.25, -0.2) is 4.79 Å². The molecule has 5 heteroatoms. The lowest BCUT2D eigenvalue weighted by molar-refractivity contribution is 0.403. The fraction of sp³-hybridized carbons (Fsp3) is 0.562. The molecule has 4 rings (SSSR count). The number of hydrogen-bond acceptors (Lipinski definition) is 2. The highest BCUT2D eigenvalue weighted by atomic mass is 79.9. The zero-order valence-corrected chi connectivity index (χ0v) is 13.9. The largest absolute Gasteiger partial charge is 0.328 e. The summed E-state index contributed by atoms with van der Waals surface area (Å²) in [7, 11) is 3.62. The second kappa shape index (κ2) is 4.46. The summed E-state index contributed by atoms with van der Waals surface area (Å²) in [6.07, 6.45) is 3.95. The molecule has 2 aliphatic rings. The van der Waals surface area contributed by atoms with E-state index in [4.69, 9.17) is 5.73 Å². The van der Waals surface area contributed by atoms with Crippen molar-refractivity contribution in [1.29, 1.82) is 0 Å². The van der Waals surface area contributed by atoms with E-state index in [0.29, 0.717) is 5.92 Å². The maximum atomic E-state index is 12.1. The molecule has 2 fully saturated rings. The second-order valence-corrected chi connectivity index (χ2v) is 7.63. The fourth-order valence-electron chi connectivity index (χ4n) is 4.10. The van der Waals surface area contributed by atoms with Crippen LogP contribution in [0.25, 0.3) is 11.0 Å². The first-order valence-electron chi connectivity index (χ1n) is 7.57. The Balaban J connectivity index is 1.79. The van der Waals surface area contributed by atoms with E-state index in [-0.39, 0.29) is 11.7 Å². The monoisotopic (exact) mass is 349 g/mol. The van der Waals surface area contributed by atoms with Gasteiger partial charge in [-0.15, -0.1) is 0 Å². The van der Waals surface area contributed by atoms with Crippen LogP contribution >= 0.6 is 15.9 Å². The van der Waals surface area contributed by atoms with Crippen LogP contribution in [0.4, 0.5) is 0 Å². The minimum Gasteiger partial charge on any atom is -0.324 e. The highest BCUT2D eigenvalue weighted by Gasteiger charge is 2.47. The molecule has 1 heterocycles. The number of imidazole rings is 1. The Morgan fingerprint density at radius 1 is 1.14 bits per heavy atom. The summed E-state index contributed by atoms with van der Waals surface area (Å²) in [5, 5.41) is 0. The van der Waals surface area contributed by atoms with Gasteiger partial charge in [0.05, 0.1) is 11.0 Å². The van der Waals surface area contributed by atoms with Crippen LogP contribution in [0.1, 0.15) is 30.9 Å². The third-order valence-corrected chi connectivity index (χ3v) is 6.22. The second-order valence-electron chi connectivity index (χ2n) is 6.78. The summed E-state index contributed by atoms with van der Waals surface area (Å²) in [4.78, 5) is 12.1. The van der Waals surface area contributed by atoms with Crippen LogP contribution in [0.2, 0.25) is 0 Å². The molecule has 0 amide bonds. The lowest BCUT2D eigenvalue weighted by Gasteiger charge is -2.22. The van der Waals surface area contributed by atoms with Crippen molar-refractivity contribution in [3.05, 3.63) is 32.7 Å². The number of hydrogen-bond donors (Lipinski definition) is 1. The molecule has 21 heavy (non-hydrogen) atoms. The predicted octanol–water partition coefficient (Wildman–Crippen LogP) is 2.69. The molecule has 2 N–H and O–H groups in total. The van der Waals surface area contributed by atoms with Gasteiger partial charge in [-0.3, -0.25) is 9.13 Å². The van der Waals surface area contributed by atoms with Crippen molar-refractivity contribution in [2.75, 3.05) is 0 Å². The van der Waals surface area contributed by atoms with E-state index < -0.39 is 0 Å². The third kappa shape index (κ3) is 1.94. The van der Waals surface area contributed by atoms with Crippen molar-refractivity contribution >= 4 is 27.0 Å². The van der Waals surface area contributed by atoms with Gasteiger partial charge in [0.2, 0.25) is 0 Å². The van der Waals surface area contributed by atoms with E-state index in [2.05, 4.69) is 22.0 Å². The molecule has 0 spiro atoms. The first kappa shape index (κ1) is 13.6. The number of benzene rings is 1. The van der Waals surface area contributed by atoms with Crippen LogP contribution < -0.4 is 11.4 Å². The zero-order valence-electron chi connectivity index (χ0n) is 12.3. The summed E-state index contributed by atoms with van der Waals surface area (Å²) < 4.78 is 4.40. The Labute approximate surface area is 132 Å². The minimum absolute atomic E-state index is 0.00438. The average molecular weight is 350 g/mol. The Morgan fingerprint density at radius 3 is 2.33 bits per heavy atom. The smallest absolute Gasteiger partial charge is 0.324 e. The molecule has 3 unspecified atom stereocenters. The van der Waals surface area contributed by atoms with Gasteiger partial charge in [0, 0.05) is 24.6 Å². The first-order valence-corrected chi connectivity index (χ1v) is 8.37. The van der Waals surface area contributed by atoms with Crippen LogP contribution in [0.15, 0.2) is 21.4 Å². The van der Waals surface area contributed by atoms with Gasteiger partial charge in [0.25, 0.3) is 0 Å². The van der Waals surface area contributed by atoms with Crippen LogP contribution in [0, 0.1) is 17.8 Å². The van der Waals surface area contributed by atoms with Crippen LogP contribution in [0.3, 0.4) is 0 Å². The van der Waals surface area contributed by atoms with Gasteiger partial charge in [-0.1, -0.05) is 15.9 Å². The van der Waals surface area contributed by atoms with E-state index in [1.807, 2.05) is 13.1 Å². The molecule has 1 aromatic carbocycles. The molecule has 2 aromatic rings. The fourth-order valence-corrected chi connectivity index (χ4v) is 4.70. The van der Waals surface area contributed by atoms with Gasteiger partial charge in [0.1, 0.15) is 0 Å². The van der Waals surface area contributed by atoms with E-state index in [0.717, 1.165) is 32.9 Å². The molecule has 0 saturated heterocycles. The molecule has 0 aliphatic heterocycles. The number of nitrogens with two attached hydrogens (primary N) is 1. The summed E-state index contributed by atoms with van der Waals surface area (Å²) in [6, 6.07) is 4.18. The zero-order chi connectivity index (χ0) is 14.9. The van der Waals surface area contributed by atoms with Gasteiger partial charge in [-0.05, 0) is 54.7 Å².